The van der Waals surface area contributed by atoms with Crippen molar-refractivity contribution >= 4 is 21.6 Å². The molecule has 0 heterocycles. The van der Waals surface area contributed by atoms with Crippen LogP contribution in [-0.4, -0.2) is 31.4 Å². The predicted molar refractivity (Wildman–Crippen MR) is 79.1 cm³/mol. The highest BCUT2D eigenvalue weighted by atomic mass is 79.9. The fraction of sp³-hybridized carbons (Fsp3) is 0.571. The van der Waals surface area contributed by atoms with Gasteiger partial charge < -0.3 is 14.7 Å². The van der Waals surface area contributed by atoms with Gasteiger partial charge in [-0.25, -0.2) is 0 Å². The Labute approximate surface area is 118 Å². The van der Waals surface area contributed by atoms with Gasteiger partial charge in [-0.1, -0.05) is 22.0 Å². The van der Waals surface area contributed by atoms with Crippen molar-refractivity contribution < 1.29 is 9.84 Å². The Hall–Kier alpha value is -0.580. The van der Waals surface area contributed by atoms with Gasteiger partial charge in [0.05, 0.1) is 12.7 Å². The first-order valence-electron chi connectivity index (χ1n) is 6.20. The Morgan fingerprint density at radius 2 is 2.00 bits per heavy atom. The molecule has 0 aliphatic rings. The smallest absolute Gasteiger partial charge is 0.0772 e. The third-order valence-electron chi connectivity index (χ3n) is 2.93. The molecule has 0 bridgehead atoms. The highest BCUT2D eigenvalue weighted by Gasteiger charge is 2.13. The Kier molecular flexibility index (Phi) is 6.12. The lowest BCUT2D eigenvalue weighted by Gasteiger charge is -2.29. The Balaban J connectivity index is 2.95. The van der Waals surface area contributed by atoms with Crippen molar-refractivity contribution in [2.45, 2.75) is 32.9 Å². The number of halogens is 1. The van der Waals surface area contributed by atoms with Gasteiger partial charge in [0, 0.05) is 29.9 Å². The van der Waals surface area contributed by atoms with Crippen molar-refractivity contribution in [3.8, 4) is 0 Å². The summed E-state index contributed by atoms with van der Waals surface area (Å²) in [4.78, 5) is 2.28. The predicted octanol–water partition coefficient (Wildman–Crippen LogP) is 3.36. The van der Waals surface area contributed by atoms with Gasteiger partial charge >= 0.3 is 0 Å². The molecule has 0 saturated carbocycles. The molecular formula is C14H22BrNO2. The van der Waals surface area contributed by atoms with E-state index in [-0.39, 0.29) is 0 Å². The summed E-state index contributed by atoms with van der Waals surface area (Å²) >= 11 is 3.52. The number of ether oxygens (including phenoxy) is 1. The second-order valence-corrected chi connectivity index (χ2v) is 5.52. The third-order valence-corrected chi connectivity index (χ3v) is 3.61. The largest absolute Gasteiger partial charge is 0.389 e. The van der Waals surface area contributed by atoms with Crippen molar-refractivity contribution in [1.29, 1.82) is 0 Å². The molecular weight excluding hydrogens is 294 g/mol. The standard InChI is InChI=1S/C14H22BrNO2/c1-10(2)16(7-8-18-4)12-5-6-13(11(3)17)14(15)9-12/h5-6,9-11,17H,7-8H2,1-4H3/t11-/m0/s1. The van der Waals surface area contributed by atoms with Crippen molar-refractivity contribution in [2.24, 2.45) is 0 Å². The van der Waals surface area contributed by atoms with E-state index in [0.29, 0.717) is 12.6 Å². The van der Waals surface area contributed by atoms with Crippen LogP contribution in [0.15, 0.2) is 22.7 Å². The second kappa shape index (κ2) is 7.12. The monoisotopic (exact) mass is 315 g/mol. The van der Waals surface area contributed by atoms with Crippen LogP contribution in [0.25, 0.3) is 0 Å². The summed E-state index contributed by atoms with van der Waals surface area (Å²) in [6.45, 7) is 7.64. The number of benzene rings is 1. The molecule has 1 rings (SSSR count). The van der Waals surface area contributed by atoms with Gasteiger partial charge in [-0.3, -0.25) is 0 Å². The van der Waals surface area contributed by atoms with E-state index in [9.17, 15) is 5.11 Å². The van der Waals surface area contributed by atoms with Gasteiger partial charge in [0.2, 0.25) is 0 Å². The lowest BCUT2D eigenvalue weighted by Crippen LogP contribution is -2.33. The maximum absolute atomic E-state index is 9.62. The quantitative estimate of drug-likeness (QED) is 0.873. The zero-order valence-corrected chi connectivity index (χ0v) is 13.1. The van der Waals surface area contributed by atoms with Gasteiger partial charge in [-0.05, 0) is 38.5 Å². The van der Waals surface area contributed by atoms with E-state index < -0.39 is 6.10 Å². The number of methoxy groups -OCH3 is 1. The highest BCUT2D eigenvalue weighted by Crippen LogP contribution is 2.29. The number of hydrogen-bond acceptors (Lipinski definition) is 3. The maximum Gasteiger partial charge on any atom is 0.0772 e. The van der Waals surface area contributed by atoms with Crippen molar-refractivity contribution in [3.63, 3.8) is 0 Å². The summed E-state index contributed by atoms with van der Waals surface area (Å²) in [6, 6.07) is 6.47. The summed E-state index contributed by atoms with van der Waals surface area (Å²) in [5.41, 5.74) is 2.05. The van der Waals surface area contributed by atoms with Crippen molar-refractivity contribution in [3.05, 3.63) is 28.2 Å². The molecule has 1 aromatic carbocycles. The first kappa shape index (κ1) is 15.5. The Morgan fingerprint density at radius 1 is 1.33 bits per heavy atom. The molecule has 1 atom stereocenters. The fourth-order valence-electron chi connectivity index (χ4n) is 1.91. The molecule has 1 N–H and O–H groups in total. The molecule has 0 fully saturated rings. The molecule has 0 amide bonds. The highest BCUT2D eigenvalue weighted by molar-refractivity contribution is 9.10. The maximum atomic E-state index is 9.62. The van der Waals surface area contributed by atoms with E-state index in [4.69, 9.17) is 4.74 Å². The Bertz CT molecular complexity index is 380. The topological polar surface area (TPSA) is 32.7 Å². The van der Waals surface area contributed by atoms with Crippen LogP contribution >= 0.6 is 15.9 Å². The number of anilines is 1. The molecule has 0 unspecified atom stereocenters. The van der Waals surface area contributed by atoms with Crippen molar-refractivity contribution in [2.75, 3.05) is 25.2 Å². The Morgan fingerprint density at radius 3 is 2.44 bits per heavy atom. The molecule has 0 aliphatic heterocycles. The minimum atomic E-state index is -0.458. The number of rotatable bonds is 6. The van der Waals surface area contributed by atoms with Crippen LogP contribution in [0.5, 0.6) is 0 Å². The lowest BCUT2D eigenvalue weighted by molar-refractivity contribution is 0.198. The number of nitrogens with zero attached hydrogens (tertiary/aromatic N) is 1. The normalized spacial score (nSPS) is 12.8. The van der Waals surface area contributed by atoms with Gasteiger partial charge in [0.25, 0.3) is 0 Å². The number of hydrogen-bond donors (Lipinski definition) is 1. The van der Waals surface area contributed by atoms with E-state index in [1.165, 1.54) is 0 Å². The molecule has 1 aromatic rings. The minimum Gasteiger partial charge on any atom is -0.389 e. The molecule has 0 radical (unpaired) electrons. The van der Waals surface area contributed by atoms with Gasteiger partial charge in [0.1, 0.15) is 0 Å². The van der Waals surface area contributed by atoms with E-state index >= 15 is 0 Å². The van der Waals surface area contributed by atoms with Gasteiger partial charge in [0.15, 0.2) is 0 Å². The average molecular weight is 316 g/mol. The van der Waals surface area contributed by atoms with Crippen LogP contribution in [-0.2, 0) is 4.74 Å². The van der Waals surface area contributed by atoms with E-state index in [1.807, 2.05) is 12.1 Å². The van der Waals surface area contributed by atoms with Crippen LogP contribution in [0.3, 0.4) is 0 Å². The van der Waals surface area contributed by atoms with Crippen LogP contribution in [0, 0.1) is 0 Å². The number of aliphatic hydroxyl groups is 1. The molecule has 3 nitrogen and oxygen atoms in total. The fourth-order valence-corrected chi connectivity index (χ4v) is 2.61. The van der Waals surface area contributed by atoms with E-state index in [2.05, 4.69) is 40.7 Å². The molecule has 18 heavy (non-hydrogen) atoms. The molecule has 4 heteroatoms. The zero-order chi connectivity index (χ0) is 13.7. The summed E-state index contributed by atoms with van der Waals surface area (Å²) in [6.07, 6.45) is -0.458. The van der Waals surface area contributed by atoms with Crippen LogP contribution in [0.4, 0.5) is 5.69 Å². The first-order valence-corrected chi connectivity index (χ1v) is 6.99. The molecule has 102 valence electrons. The summed E-state index contributed by atoms with van der Waals surface area (Å²) in [5.74, 6) is 0. The minimum absolute atomic E-state index is 0.407. The van der Waals surface area contributed by atoms with E-state index in [0.717, 1.165) is 22.3 Å². The molecule has 0 aromatic heterocycles. The number of aliphatic hydroxyl groups excluding tert-OH is 1. The summed E-state index contributed by atoms with van der Waals surface area (Å²) in [5, 5.41) is 9.62. The zero-order valence-electron chi connectivity index (χ0n) is 11.5. The second-order valence-electron chi connectivity index (χ2n) is 4.66. The molecule has 0 aliphatic carbocycles. The van der Waals surface area contributed by atoms with Crippen molar-refractivity contribution in [1.82, 2.24) is 0 Å². The van der Waals surface area contributed by atoms with E-state index in [1.54, 1.807) is 14.0 Å². The summed E-state index contributed by atoms with van der Waals surface area (Å²) < 4.78 is 6.09. The molecule has 0 spiro atoms. The molecule has 0 saturated heterocycles. The van der Waals surface area contributed by atoms with Gasteiger partial charge in [-0.2, -0.15) is 0 Å². The first-order chi connectivity index (χ1) is 8.47. The van der Waals surface area contributed by atoms with Crippen LogP contribution < -0.4 is 4.90 Å². The third kappa shape index (κ3) is 3.97. The van der Waals surface area contributed by atoms with Crippen LogP contribution in [0.1, 0.15) is 32.4 Å². The SMILES string of the molecule is COCCN(c1ccc([C@H](C)O)c(Br)c1)C(C)C. The summed E-state index contributed by atoms with van der Waals surface area (Å²) in [7, 11) is 1.71. The average Bonchev–Trinajstić information content (AvgIpc) is 2.28. The van der Waals surface area contributed by atoms with Gasteiger partial charge in [-0.15, -0.1) is 0 Å². The lowest BCUT2D eigenvalue weighted by atomic mass is 10.1. The van der Waals surface area contributed by atoms with Crippen LogP contribution in [0.2, 0.25) is 0 Å².